The first-order valence-corrected chi connectivity index (χ1v) is 6.77. The molecule has 104 valence electrons. The molecule has 1 N–H and O–H groups in total. The van der Waals surface area contributed by atoms with Crippen molar-refractivity contribution >= 4 is 26.1 Å². The van der Waals surface area contributed by atoms with Crippen LogP contribution in [0.1, 0.15) is 25.7 Å². The summed E-state index contributed by atoms with van der Waals surface area (Å²) >= 11 is 0. The molecule has 0 bridgehead atoms. The minimum Gasteiger partial charge on any atom is -0.333 e. The number of rotatable bonds is 0. The van der Waals surface area contributed by atoms with Crippen molar-refractivity contribution < 1.29 is 4.79 Å². The van der Waals surface area contributed by atoms with Crippen molar-refractivity contribution in [1.82, 2.24) is 10.2 Å². The van der Waals surface area contributed by atoms with Crippen LogP contribution < -0.4 is 5.32 Å². The first-order valence-electron chi connectivity index (χ1n) is 6.77. The van der Waals surface area contributed by atoms with Crippen molar-refractivity contribution in [2.45, 2.75) is 49.9 Å². The summed E-state index contributed by atoms with van der Waals surface area (Å²) in [5.74, 6) is 0.980. The topological polar surface area (TPSA) is 79.9 Å². The Kier molecular flexibility index (Phi) is 4.27. The molecule has 4 rings (SSSR count). The van der Waals surface area contributed by atoms with Gasteiger partial charge < -0.3 is 4.90 Å². The maximum absolute atomic E-state index is 10.8. The van der Waals surface area contributed by atoms with E-state index in [1.54, 1.807) is 0 Å². The Labute approximate surface area is 126 Å². The molecule has 0 aromatic heterocycles. The van der Waals surface area contributed by atoms with Gasteiger partial charge in [0.15, 0.2) is 5.81 Å². The standard InChI is InChI=1S/C7H7BN2O.C6H8N2.ClH/c8-7(11)10-5(3-9)1-4-2-6(4)10;7-3-5-1-4-2-6(4)8-5;/h4-6H,1-2H2;4-6,8H,1-2H2;1H/t2*4-,5+,6+;/m11./s1. The predicted molar refractivity (Wildman–Crippen MR) is 75.2 cm³/mol. The van der Waals surface area contributed by atoms with E-state index in [1.165, 1.54) is 11.3 Å². The molecular weight excluding hydrogens is 274 g/mol. The summed E-state index contributed by atoms with van der Waals surface area (Å²) in [4.78, 5) is 12.3. The fourth-order valence-electron chi connectivity index (χ4n) is 3.32. The second-order valence-electron chi connectivity index (χ2n) is 5.88. The van der Waals surface area contributed by atoms with Gasteiger partial charge in [-0.2, -0.15) is 10.5 Å². The molecule has 5 nitrogen and oxygen atoms in total. The highest BCUT2D eigenvalue weighted by Crippen LogP contribution is 2.47. The molecule has 1 amide bonds. The maximum atomic E-state index is 10.8. The van der Waals surface area contributed by atoms with E-state index in [2.05, 4.69) is 17.5 Å². The van der Waals surface area contributed by atoms with Gasteiger partial charge >= 0.3 is 0 Å². The lowest BCUT2D eigenvalue weighted by Crippen LogP contribution is -2.36. The van der Waals surface area contributed by atoms with Crippen LogP contribution in [0.25, 0.3) is 0 Å². The monoisotopic (exact) mass is 290 g/mol. The molecule has 6 atom stereocenters. The second-order valence-corrected chi connectivity index (χ2v) is 5.88. The van der Waals surface area contributed by atoms with Gasteiger partial charge in [-0.05, 0) is 37.5 Å². The highest BCUT2D eigenvalue weighted by molar-refractivity contribution is 6.57. The van der Waals surface area contributed by atoms with Crippen LogP contribution in [0.5, 0.6) is 0 Å². The number of carbonyl (C=O) groups is 1. The van der Waals surface area contributed by atoms with E-state index in [-0.39, 0.29) is 30.5 Å². The van der Waals surface area contributed by atoms with Crippen LogP contribution in [0.2, 0.25) is 0 Å². The van der Waals surface area contributed by atoms with Gasteiger partial charge in [-0.1, -0.05) is 0 Å². The zero-order valence-electron chi connectivity index (χ0n) is 11.0. The molecule has 2 heterocycles. The number of carbonyl (C=O) groups excluding carboxylic acids is 1. The van der Waals surface area contributed by atoms with Crippen LogP contribution in [-0.2, 0) is 0 Å². The molecule has 2 saturated carbocycles. The number of hydrogen-bond acceptors (Lipinski definition) is 4. The van der Waals surface area contributed by atoms with E-state index < -0.39 is 5.81 Å². The van der Waals surface area contributed by atoms with Crippen molar-refractivity contribution in [3.8, 4) is 12.1 Å². The second kappa shape index (κ2) is 5.64. The van der Waals surface area contributed by atoms with E-state index in [1.807, 2.05) is 0 Å². The number of halogens is 1. The maximum Gasteiger partial charge on any atom is 0.200 e. The molecule has 0 aromatic rings. The van der Waals surface area contributed by atoms with Crippen molar-refractivity contribution in [2.24, 2.45) is 11.8 Å². The average molecular weight is 291 g/mol. The Morgan fingerprint density at radius 1 is 1.15 bits per heavy atom. The van der Waals surface area contributed by atoms with Gasteiger partial charge in [-0.25, -0.2) is 0 Å². The summed E-state index contributed by atoms with van der Waals surface area (Å²) < 4.78 is 0. The zero-order valence-corrected chi connectivity index (χ0v) is 11.8. The summed E-state index contributed by atoms with van der Waals surface area (Å²) in [5.41, 5.74) is 0. The van der Waals surface area contributed by atoms with Crippen LogP contribution in [0.3, 0.4) is 0 Å². The van der Waals surface area contributed by atoms with E-state index >= 15 is 0 Å². The number of fused-ring (bicyclic) bond motifs is 2. The molecule has 4 fully saturated rings. The summed E-state index contributed by atoms with van der Waals surface area (Å²) in [6.07, 6.45) is 4.28. The molecule has 2 saturated heterocycles. The number of nitriles is 2. The number of hydrogen-bond donors (Lipinski definition) is 1. The van der Waals surface area contributed by atoms with E-state index in [4.69, 9.17) is 18.4 Å². The van der Waals surface area contributed by atoms with Crippen LogP contribution >= 0.6 is 12.4 Å². The minimum atomic E-state index is -0.443. The molecule has 2 radical (unpaired) electrons. The van der Waals surface area contributed by atoms with Crippen molar-refractivity contribution in [3.05, 3.63) is 0 Å². The Morgan fingerprint density at radius 3 is 2.30 bits per heavy atom. The Hall–Kier alpha value is -1.24. The molecule has 20 heavy (non-hydrogen) atoms. The van der Waals surface area contributed by atoms with Crippen LogP contribution in [0.4, 0.5) is 4.79 Å². The van der Waals surface area contributed by atoms with Crippen LogP contribution in [-0.4, -0.2) is 42.7 Å². The third kappa shape index (κ3) is 2.77. The van der Waals surface area contributed by atoms with Gasteiger partial charge in [0.1, 0.15) is 6.04 Å². The van der Waals surface area contributed by atoms with Gasteiger partial charge in [0.2, 0.25) is 7.85 Å². The highest BCUT2D eigenvalue weighted by Gasteiger charge is 2.52. The Morgan fingerprint density at radius 2 is 1.90 bits per heavy atom. The fraction of sp³-hybridized carbons (Fsp3) is 0.769. The number of nitrogens with zero attached hydrogens (tertiary/aromatic N) is 3. The summed E-state index contributed by atoms with van der Waals surface area (Å²) in [5, 5.41) is 20.2. The lowest BCUT2D eigenvalue weighted by molar-refractivity contribution is 0.217. The molecule has 2 aliphatic heterocycles. The average Bonchev–Trinajstić information content (AvgIpc) is 3.26. The number of amides is 1. The van der Waals surface area contributed by atoms with Crippen molar-refractivity contribution in [3.63, 3.8) is 0 Å². The van der Waals surface area contributed by atoms with Gasteiger partial charge in [-0.15, -0.1) is 12.4 Å². The molecule has 4 aliphatic rings. The lowest BCUT2D eigenvalue weighted by atomic mass is 10.1. The van der Waals surface area contributed by atoms with Gasteiger partial charge in [0, 0.05) is 12.1 Å². The largest absolute Gasteiger partial charge is 0.333 e. The Balaban J connectivity index is 0.000000146. The third-order valence-electron chi connectivity index (χ3n) is 4.54. The SMILES string of the molecule is Cl.N#C[C@@H]1C[C@@H]2C[C@@H]2N1.[B]C(=O)N1[C@H](C#N)C[C@@H]2C[C@@H]21. The smallest absolute Gasteiger partial charge is 0.200 e. The summed E-state index contributed by atoms with van der Waals surface area (Å²) in [6.45, 7) is 0. The quantitative estimate of drug-likeness (QED) is 0.673. The first kappa shape index (κ1) is 15.2. The molecule has 0 aromatic carbocycles. The fourth-order valence-corrected chi connectivity index (χ4v) is 3.32. The highest BCUT2D eigenvalue weighted by atomic mass is 35.5. The van der Waals surface area contributed by atoms with E-state index in [0.29, 0.717) is 5.92 Å². The van der Waals surface area contributed by atoms with Gasteiger partial charge in [0.25, 0.3) is 0 Å². The van der Waals surface area contributed by atoms with Crippen molar-refractivity contribution in [2.75, 3.05) is 0 Å². The molecule has 7 heteroatoms. The number of likely N-dealkylation sites (tertiary alicyclic amines) is 1. The minimum absolute atomic E-state index is 0. The summed E-state index contributed by atoms with van der Waals surface area (Å²) in [7, 11) is 5.12. The van der Waals surface area contributed by atoms with Crippen LogP contribution in [0, 0.1) is 34.5 Å². The molecule has 2 aliphatic carbocycles. The van der Waals surface area contributed by atoms with Gasteiger partial charge in [0.05, 0.1) is 18.2 Å². The third-order valence-corrected chi connectivity index (χ3v) is 4.54. The Bertz CT molecular complexity index is 478. The van der Waals surface area contributed by atoms with E-state index in [9.17, 15) is 4.79 Å². The molecular formula is C13H16BClN4O. The van der Waals surface area contributed by atoms with E-state index in [0.717, 1.165) is 31.2 Å². The molecule has 0 unspecified atom stereocenters. The predicted octanol–water partition coefficient (Wildman–Crippen LogP) is 0.943. The zero-order chi connectivity index (χ0) is 13.6. The summed E-state index contributed by atoms with van der Waals surface area (Å²) in [6, 6.07) is 5.23. The lowest BCUT2D eigenvalue weighted by Gasteiger charge is -2.20. The number of nitrogens with one attached hydrogen (secondary N) is 1. The van der Waals surface area contributed by atoms with Gasteiger partial charge in [-0.3, -0.25) is 10.1 Å². The normalized spacial score (nSPS) is 41.8. The molecule has 0 spiro atoms. The first-order chi connectivity index (χ1) is 9.13. The van der Waals surface area contributed by atoms with Crippen molar-refractivity contribution in [1.29, 1.82) is 10.5 Å². The number of piperidine rings is 2. The van der Waals surface area contributed by atoms with Crippen LogP contribution in [0.15, 0.2) is 0 Å².